The second-order valence-corrected chi connectivity index (χ2v) is 4.49. The van der Waals surface area contributed by atoms with Gasteiger partial charge in [-0.3, -0.25) is 0 Å². The lowest BCUT2D eigenvalue weighted by Crippen LogP contribution is -2.07. The van der Waals surface area contributed by atoms with Crippen molar-refractivity contribution in [2.45, 2.75) is 26.2 Å². The van der Waals surface area contributed by atoms with Gasteiger partial charge in [0.25, 0.3) is 0 Å². The van der Waals surface area contributed by atoms with Crippen molar-refractivity contribution in [3.63, 3.8) is 0 Å². The summed E-state index contributed by atoms with van der Waals surface area (Å²) in [5, 5.41) is 0.439. The monoisotopic (exact) mass is 248 g/mol. The van der Waals surface area contributed by atoms with Crippen LogP contribution in [0.25, 0.3) is 0 Å². The second kappa shape index (κ2) is 6.34. The smallest absolute Gasteiger partial charge is 0.127 e. The van der Waals surface area contributed by atoms with Crippen LogP contribution in [-0.2, 0) is 6.42 Å². The third kappa shape index (κ3) is 4.00. The van der Waals surface area contributed by atoms with Crippen molar-refractivity contribution in [1.82, 2.24) is 0 Å². The summed E-state index contributed by atoms with van der Waals surface area (Å²) in [6.07, 6.45) is 2.80. The molecule has 1 unspecified atom stereocenters. The number of benzene rings is 1. The largest absolute Gasteiger partial charge is 0.207 e. The Morgan fingerprint density at radius 2 is 2.13 bits per heavy atom. The Morgan fingerprint density at radius 3 is 2.67 bits per heavy atom. The Balaban J connectivity index is 2.70. The van der Waals surface area contributed by atoms with Crippen molar-refractivity contribution in [1.29, 1.82) is 0 Å². The maximum Gasteiger partial charge on any atom is 0.127 e. The van der Waals surface area contributed by atoms with Gasteiger partial charge in [-0.1, -0.05) is 31.0 Å². The predicted molar refractivity (Wildman–Crippen MR) is 64.2 cm³/mol. The topological polar surface area (TPSA) is 0 Å². The Morgan fingerprint density at radius 1 is 1.40 bits per heavy atom. The normalized spacial score (nSPS) is 12.8. The average molecular weight is 249 g/mol. The van der Waals surface area contributed by atoms with E-state index in [0.717, 1.165) is 12.8 Å². The van der Waals surface area contributed by atoms with Gasteiger partial charge in [0.05, 0.1) is 0 Å². The molecular formula is C12H15Cl2F. The van der Waals surface area contributed by atoms with Crippen LogP contribution in [0.1, 0.15) is 25.3 Å². The molecule has 0 aromatic heterocycles. The van der Waals surface area contributed by atoms with Gasteiger partial charge in [0, 0.05) is 10.9 Å². The first-order valence-electron chi connectivity index (χ1n) is 5.17. The molecule has 84 valence electrons. The lowest BCUT2D eigenvalue weighted by Gasteiger charge is -2.13. The Bertz CT molecular complexity index is 312. The number of halogens is 3. The van der Waals surface area contributed by atoms with Crippen LogP contribution in [0, 0.1) is 11.7 Å². The van der Waals surface area contributed by atoms with Gasteiger partial charge in [-0.2, -0.15) is 0 Å². The number of rotatable bonds is 5. The minimum absolute atomic E-state index is 0.228. The van der Waals surface area contributed by atoms with Crippen LogP contribution in [0.4, 0.5) is 4.39 Å². The van der Waals surface area contributed by atoms with Gasteiger partial charge in [0.15, 0.2) is 0 Å². The van der Waals surface area contributed by atoms with E-state index in [0.29, 0.717) is 28.8 Å². The molecule has 3 heteroatoms. The highest BCUT2D eigenvalue weighted by atomic mass is 35.5. The summed E-state index contributed by atoms with van der Waals surface area (Å²) in [6, 6.07) is 4.82. The van der Waals surface area contributed by atoms with Crippen LogP contribution in [0.3, 0.4) is 0 Å². The fraction of sp³-hybridized carbons (Fsp3) is 0.500. The van der Waals surface area contributed by atoms with Gasteiger partial charge in [-0.05, 0) is 36.5 Å². The average Bonchev–Trinajstić information content (AvgIpc) is 2.21. The summed E-state index contributed by atoms with van der Waals surface area (Å²) < 4.78 is 13.5. The number of alkyl halides is 1. The van der Waals surface area contributed by atoms with Crippen molar-refractivity contribution < 1.29 is 4.39 Å². The van der Waals surface area contributed by atoms with E-state index >= 15 is 0 Å². The third-order valence-electron chi connectivity index (χ3n) is 2.44. The zero-order valence-corrected chi connectivity index (χ0v) is 10.3. The van der Waals surface area contributed by atoms with Crippen molar-refractivity contribution in [3.8, 4) is 0 Å². The predicted octanol–water partition coefficient (Wildman–Crippen LogP) is 4.68. The lowest BCUT2D eigenvalue weighted by molar-refractivity contribution is 0.509. The Kier molecular flexibility index (Phi) is 5.41. The molecule has 0 bridgehead atoms. The molecule has 1 aromatic carbocycles. The molecular weight excluding hydrogens is 234 g/mol. The van der Waals surface area contributed by atoms with E-state index in [4.69, 9.17) is 23.2 Å². The molecule has 0 nitrogen and oxygen atoms in total. The maximum atomic E-state index is 13.5. The molecule has 0 saturated heterocycles. The molecule has 0 spiro atoms. The van der Waals surface area contributed by atoms with E-state index in [1.165, 1.54) is 6.07 Å². The van der Waals surface area contributed by atoms with Gasteiger partial charge >= 0.3 is 0 Å². The number of hydrogen-bond acceptors (Lipinski definition) is 0. The van der Waals surface area contributed by atoms with Gasteiger partial charge in [0.2, 0.25) is 0 Å². The van der Waals surface area contributed by atoms with Crippen molar-refractivity contribution in [2.24, 2.45) is 5.92 Å². The molecule has 0 aliphatic heterocycles. The van der Waals surface area contributed by atoms with E-state index in [1.807, 2.05) is 0 Å². The molecule has 0 aliphatic carbocycles. The van der Waals surface area contributed by atoms with E-state index in [1.54, 1.807) is 12.1 Å². The minimum atomic E-state index is -0.228. The first kappa shape index (κ1) is 12.8. The highest BCUT2D eigenvalue weighted by Crippen LogP contribution is 2.20. The van der Waals surface area contributed by atoms with E-state index in [-0.39, 0.29) is 5.82 Å². The summed E-state index contributed by atoms with van der Waals surface area (Å²) >= 11 is 11.5. The van der Waals surface area contributed by atoms with Crippen LogP contribution in [0.5, 0.6) is 0 Å². The summed E-state index contributed by atoms with van der Waals surface area (Å²) in [6.45, 7) is 2.11. The van der Waals surface area contributed by atoms with Gasteiger partial charge in [0.1, 0.15) is 5.82 Å². The Labute approximate surface area is 100 Å². The highest BCUT2D eigenvalue weighted by Gasteiger charge is 2.10. The van der Waals surface area contributed by atoms with Crippen LogP contribution in [0.15, 0.2) is 18.2 Å². The molecule has 1 atom stereocenters. The summed E-state index contributed by atoms with van der Waals surface area (Å²) in [7, 11) is 0. The maximum absolute atomic E-state index is 13.5. The molecule has 0 amide bonds. The Hall–Kier alpha value is -0.270. The van der Waals surface area contributed by atoms with Gasteiger partial charge in [-0.15, -0.1) is 11.6 Å². The van der Waals surface area contributed by atoms with Crippen LogP contribution < -0.4 is 0 Å². The van der Waals surface area contributed by atoms with Crippen LogP contribution in [0.2, 0.25) is 5.02 Å². The number of hydrogen-bond donors (Lipinski definition) is 0. The fourth-order valence-electron chi connectivity index (χ4n) is 1.64. The van der Waals surface area contributed by atoms with Crippen molar-refractivity contribution in [2.75, 3.05) is 5.88 Å². The van der Waals surface area contributed by atoms with E-state index < -0.39 is 0 Å². The SMILES string of the molecule is CCCC(CCl)Cc1ccc(Cl)cc1F. The standard InChI is InChI=1S/C12H15Cl2F/c1-2-3-9(8-13)6-10-4-5-11(14)7-12(10)15/h4-5,7,9H,2-3,6,8H2,1H3. The van der Waals surface area contributed by atoms with Crippen LogP contribution in [-0.4, -0.2) is 5.88 Å². The third-order valence-corrected chi connectivity index (χ3v) is 3.11. The molecule has 0 aliphatic rings. The van der Waals surface area contributed by atoms with E-state index in [9.17, 15) is 4.39 Å². The minimum Gasteiger partial charge on any atom is -0.207 e. The zero-order chi connectivity index (χ0) is 11.3. The molecule has 0 fully saturated rings. The highest BCUT2D eigenvalue weighted by molar-refractivity contribution is 6.30. The summed E-state index contributed by atoms with van der Waals surface area (Å²) in [4.78, 5) is 0. The summed E-state index contributed by atoms with van der Waals surface area (Å²) in [5.74, 6) is 0.705. The summed E-state index contributed by atoms with van der Waals surface area (Å²) in [5.41, 5.74) is 0.707. The first-order chi connectivity index (χ1) is 7.17. The molecule has 0 N–H and O–H groups in total. The van der Waals surface area contributed by atoms with Gasteiger partial charge in [-0.25, -0.2) is 4.39 Å². The quantitative estimate of drug-likeness (QED) is 0.665. The lowest BCUT2D eigenvalue weighted by atomic mass is 9.96. The van der Waals surface area contributed by atoms with Crippen molar-refractivity contribution in [3.05, 3.63) is 34.6 Å². The zero-order valence-electron chi connectivity index (χ0n) is 8.77. The van der Waals surface area contributed by atoms with Crippen molar-refractivity contribution >= 4 is 23.2 Å². The molecule has 0 radical (unpaired) electrons. The second-order valence-electron chi connectivity index (χ2n) is 3.75. The molecule has 15 heavy (non-hydrogen) atoms. The first-order valence-corrected chi connectivity index (χ1v) is 6.08. The van der Waals surface area contributed by atoms with E-state index in [2.05, 4.69) is 6.92 Å². The molecule has 1 rings (SSSR count). The molecule has 0 saturated carbocycles. The molecule has 0 heterocycles. The molecule has 1 aromatic rings. The fourth-order valence-corrected chi connectivity index (χ4v) is 2.06. The van der Waals surface area contributed by atoms with Gasteiger partial charge < -0.3 is 0 Å². The van der Waals surface area contributed by atoms with Crippen LogP contribution >= 0.6 is 23.2 Å².